The lowest BCUT2D eigenvalue weighted by Gasteiger charge is -2.35. The SMILES string of the molecule is CN(C(=O)C(=O)Nc1ccccn1)[C@@H](CC(C)(C)C)C(=O)N1C[C@]2(C[C@H]1C#N)C(=O)Nc1ccccc12. The zero-order valence-electron chi connectivity index (χ0n) is 21.3. The fraction of sp³-hybridized carbons (Fsp3) is 0.407. The van der Waals surface area contributed by atoms with Crippen molar-refractivity contribution >= 4 is 35.1 Å². The molecule has 37 heavy (non-hydrogen) atoms. The minimum atomic E-state index is -1.04. The molecule has 4 rings (SSSR count). The van der Waals surface area contributed by atoms with Crippen LogP contribution in [0.2, 0.25) is 0 Å². The Bertz CT molecular complexity index is 1280. The highest BCUT2D eigenvalue weighted by Crippen LogP contribution is 2.46. The van der Waals surface area contributed by atoms with Gasteiger partial charge in [0, 0.05) is 31.9 Å². The van der Waals surface area contributed by atoms with Gasteiger partial charge < -0.3 is 20.4 Å². The van der Waals surface area contributed by atoms with Crippen LogP contribution in [0.3, 0.4) is 0 Å². The van der Waals surface area contributed by atoms with Gasteiger partial charge in [-0.3, -0.25) is 19.2 Å². The summed E-state index contributed by atoms with van der Waals surface area (Å²) >= 11 is 0. The minimum Gasteiger partial charge on any atom is -0.325 e. The minimum absolute atomic E-state index is 0.00963. The molecule has 3 heterocycles. The number of carbonyl (C=O) groups is 4. The number of anilines is 2. The van der Waals surface area contributed by atoms with E-state index in [2.05, 4.69) is 21.7 Å². The standard InChI is InChI=1S/C27H30N6O4/c1-26(2,3)14-20(32(4)24(36)22(34)31-21-11-7-8-12-29-21)23(35)33-16-27(13-17(33)15-28)18-9-5-6-10-19(18)30-25(27)37/h5-12,17,20H,13-14,16H2,1-4H3,(H,30,37)(H,29,31,34)/t17-,20-,27-/m0/s1. The van der Waals surface area contributed by atoms with Gasteiger partial charge in [0.2, 0.25) is 11.8 Å². The molecule has 0 aliphatic carbocycles. The predicted octanol–water partition coefficient (Wildman–Crippen LogP) is 2.30. The largest absolute Gasteiger partial charge is 0.325 e. The quantitative estimate of drug-likeness (QED) is 0.616. The number of nitrogens with one attached hydrogen (secondary N) is 2. The maximum absolute atomic E-state index is 14.0. The molecule has 2 aliphatic rings. The van der Waals surface area contributed by atoms with Gasteiger partial charge in [0.05, 0.1) is 11.5 Å². The number of fused-ring (bicyclic) bond motifs is 2. The first-order valence-corrected chi connectivity index (χ1v) is 12.1. The lowest BCUT2D eigenvalue weighted by molar-refractivity contribution is -0.150. The number of rotatable bonds is 4. The number of pyridine rings is 1. The first kappa shape index (κ1) is 25.8. The van der Waals surface area contributed by atoms with Crippen molar-refractivity contribution in [3.63, 3.8) is 0 Å². The maximum atomic E-state index is 14.0. The number of likely N-dealkylation sites (N-methyl/N-ethyl adjacent to an activating group) is 1. The summed E-state index contributed by atoms with van der Waals surface area (Å²) in [5, 5.41) is 15.3. The third kappa shape index (κ3) is 4.89. The number of benzene rings is 1. The van der Waals surface area contributed by atoms with Gasteiger partial charge in [-0.25, -0.2) is 4.98 Å². The van der Waals surface area contributed by atoms with E-state index in [-0.39, 0.29) is 36.5 Å². The highest BCUT2D eigenvalue weighted by Gasteiger charge is 2.57. The zero-order valence-corrected chi connectivity index (χ0v) is 21.3. The molecule has 0 saturated carbocycles. The van der Waals surface area contributed by atoms with Gasteiger partial charge in [0.1, 0.15) is 17.9 Å². The molecule has 2 aromatic rings. The van der Waals surface area contributed by atoms with Crippen LogP contribution in [0.4, 0.5) is 11.5 Å². The summed E-state index contributed by atoms with van der Waals surface area (Å²) in [6.45, 7) is 5.78. The van der Waals surface area contributed by atoms with Crippen LogP contribution < -0.4 is 10.6 Å². The first-order valence-electron chi connectivity index (χ1n) is 12.1. The summed E-state index contributed by atoms with van der Waals surface area (Å²) in [7, 11) is 1.40. The van der Waals surface area contributed by atoms with Gasteiger partial charge in [-0.05, 0) is 35.6 Å². The smallest absolute Gasteiger partial charge is 0.315 e. The molecule has 2 N–H and O–H groups in total. The van der Waals surface area contributed by atoms with Crippen LogP contribution in [-0.4, -0.2) is 64.1 Å². The highest BCUT2D eigenvalue weighted by molar-refractivity contribution is 6.39. The fourth-order valence-electron chi connectivity index (χ4n) is 5.06. The lowest BCUT2D eigenvalue weighted by atomic mass is 9.80. The van der Waals surface area contributed by atoms with Gasteiger partial charge in [-0.2, -0.15) is 5.26 Å². The highest BCUT2D eigenvalue weighted by atomic mass is 16.2. The van der Waals surface area contributed by atoms with E-state index in [4.69, 9.17) is 0 Å². The molecule has 0 radical (unpaired) electrons. The molecule has 3 atom stereocenters. The molecule has 1 spiro atoms. The van der Waals surface area contributed by atoms with Crippen LogP contribution in [0.15, 0.2) is 48.7 Å². The second-order valence-corrected chi connectivity index (χ2v) is 10.8. The number of hydrogen-bond donors (Lipinski definition) is 2. The van der Waals surface area contributed by atoms with E-state index in [0.717, 1.165) is 10.5 Å². The molecule has 0 bridgehead atoms. The number of amides is 4. The molecule has 2 aliphatic heterocycles. The molecule has 1 aromatic carbocycles. The summed E-state index contributed by atoms with van der Waals surface area (Å²) in [6.07, 6.45) is 1.88. The van der Waals surface area contributed by atoms with Gasteiger partial charge in [-0.1, -0.05) is 45.0 Å². The van der Waals surface area contributed by atoms with Crippen LogP contribution in [0.25, 0.3) is 0 Å². The Balaban J connectivity index is 1.62. The van der Waals surface area contributed by atoms with Crippen LogP contribution in [0, 0.1) is 16.7 Å². The average molecular weight is 503 g/mol. The van der Waals surface area contributed by atoms with Gasteiger partial charge in [0.25, 0.3) is 0 Å². The van der Waals surface area contributed by atoms with Crippen molar-refractivity contribution in [2.75, 3.05) is 24.2 Å². The Morgan fingerprint density at radius 3 is 2.59 bits per heavy atom. The second-order valence-electron chi connectivity index (χ2n) is 10.8. The Labute approximate surface area is 215 Å². The van der Waals surface area contributed by atoms with Gasteiger partial charge in [0.15, 0.2) is 0 Å². The molecular formula is C27H30N6O4. The topological polar surface area (TPSA) is 136 Å². The summed E-state index contributed by atoms with van der Waals surface area (Å²) in [5.74, 6) is -2.34. The number of nitrogens with zero attached hydrogens (tertiary/aromatic N) is 4. The summed E-state index contributed by atoms with van der Waals surface area (Å²) in [6, 6.07) is 12.5. The van der Waals surface area contributed by atoms with Crippen molar-refractivity contribution in [3.8, 4) is 6.07 Å². The number of likely N-dealkylation sites (tertiary alicyclic amines) is 1. The Kier molecular flexibility index (Phi) is 6.74. The molecule has 192 valence electrons. The third-order valence-electron chi connectivity index (χ3n) is 6.90. The molecule has 0 unspecified atom stereocenters. The number of para-hydroxylation sites is 1. The van der Waals surface area contributed by atoms with Crippen molar-refractivity contribution in [2.24, 2.45) is 5.41 Å². The molecular weight excluding hydrogens is 472 g/mol. The van der Waals surface area contributed by atoms with Gasteiger partial charge in [-0.15, -0.1) is 0 Å². The van der Waals surface area contributed by atoms with Crippen molar-refractivity contribution in [3.05, 3.63) is 54.2 Å². The van der Waals surface area contributed by atoms with Crippen molar-refractivity contribution < 1.29 is 19.2 Å². The van der Waals surface area contributed by atoms with E-state index < -0.39 is 35.2 Å². The average Bonchev–Trinajstić information content (AvgIpc) is 3.39. The van der Waals surface area contributed by atoms with Crippen molar-refractivity contribution in [1.82, 2.24) is 14.8 Å². The number of nitriles is 1. The van der Waals surface area contributed by atoms with E-state index in [1.807, 2.05) is 39.0 Å². The Hall–Kier alpha value is -4.26. The van der Waals surface area contributed by atoms with E-state index in [0.29, 0.717) is 5.69 Å². The van der Waals surface area contributed by atoms with E-state index in [1.54, 1.807) is 24.3 Å². The normalized spacial score (nSPS) is 21.1. The Morgan fingerprint density at radius 1 is 1.24 bits per heavy atom. The lowest BCUT2D eigenvalue weighted by Crippen LogP contribution is -2.54. The molecule has 1 fully saturated rings. The fourth-order valence-corrected chi connectivity index (χ4v) is 5.06. The zero-order chi connectivity index (χ0) is 27.0. The van der Waals surface area contributed by atoms with E-state index >= 15 is 0 Å². The molecule has 10 heteroatoms. The van der Waals surface area contributed by atoms with Gasteiger partial charge >= 0.3 is 11.8 Å². The number of hydrogen-bond acceptors (Lipinski definition) is 6. The third-order valence-corrected chi connectivity index (χ3v) is 6.90. The van der Waals surface area contributed by atoms with E-state index in [9.17, 15) is 24.4 Å². The Morgan fingerprint density at radius 2 is 1.95 bits per heavy atom. The van der Waals surface area contributed by atoms with Crippen LogP contribution >= 0.6 is 0 Å². The second kappa shape index (κ2) is 9.65. The number of carbonyl (C=O) groups excluding carboxylic acids is 4. The molecule has 10 nitrogen and oxygen atoms in total. The summed E-state index contributed by atoms with van der Waals surface area (Å²) < 4.78 is 0. The van der Waals surface area contributed by atoms with Crippen LogP contribution in [-0.2, 0) is 24.6 Å². The van der Waals surface area contributed by atoms with Crippen LogP contribution in [0.5, 0.6) is 0 Å². The molecule has 1 aromatic heterocycles. The maximum Gasteiger partial charge on any atom is 0.315 e. The predicted molar refractivity (Wildman–Crippen MR) is 136 cm³/mol. The molecule has 1 saturated heterocycles. The molecule has 4 amide bonds. The van der Waals surface area contributed by atoms with Crippen molar-refractivity contribution in [2.45, 2.75) is 51.1 Å². The van der Waals surface area contributed by atoms with Crippen molar-refractivity contribution in [1.29, 1.82) is 5.26 Å². The summed E-state index contributed by atoms with van der Waals surface area (Å²) in [5.41, 5.74) is -0.00790. The first-order chi connectivity index (χ1) is 17.5. The van der Waals surface area contributed by atoms with Crippen LogP contribution in [0.1, 0.15) is 39.2 Å². The number of aromatic nitrogens is 1. The summed E-state index contributed by atoms with van der Waals surface area (Å²) in [4.78, 5) is 59.4. The monoisotopic (exact) mass is 502 g/mol. The van der Waals surface area contributed by atoms with E-state index in [1.165, 1.54) is 18.1 Å².